The average molecular weight is 427 g/mol. The van der Waals surface area contributed by atoms with E-state index in [4.69, 9.17) is 0 Å². The number of nitrogens with one attached hydrogen (secondary N) is 1. The molecule has 0 saturated heterocycles. The summed E-state index contributed by atoms with van der Waals surface area (Å²) in [5.41, 5.74) is 5.91. The van der Waals surface area contributed by atoms with Crippen LogP contribution in [0.4, 0.5) is 0 Å². The highest BCUT2D eigenvalue weighted by Gasteiger charge is 2.07. The van der Waals surface area contributed by atoms with Crippen LogP contribution in [0.2, 0.25) is 0 Å². The predicted molar refractivity (Wildman–Crippen MR) is 114 cm³/mol. The van der Waals surface area contributed by atoms with Crippen molar-refractivity contribution in [2.75, 3.05) is 5.75 Å². The van der Waals surface area contributed by atoms with Crippen molar-refractivity contribution in [2.45, 2.75) is 18.7 Å². The number of rotatable bonds is 5. The van der Waals surface area contributed by atoms with E-state index >= 15 is 0 Å². The SMILES string of the molecule is Cc1cc(SCC(=O)N/N=C/c2cccc3ccccc23)c(C)cc1Br. The fourth-order valence-corrected chi connectivity index (χ4v) is 3.98. The van der Waals surface area contributed by atoms with Gasteiger partial charge in [-0.25, -0.2) is 5.43 Å². The van der Waals surface area contributed by atoms with Crippen LogP contribution < -0.4 is 5.43 Å². The minimum atomic E-state index is -0.119. The molecule has 0 aliphatic carbocycles. The molecule has 132 valence electrons. The van der Waals surface area contributed by atoms with Crippen molar-refractivity contribution in [1.29, 1.82) is 0 Å². The number of carbonyl (C=O) groups is 1. The Morgan fingerprint density at radius 3 is 2.73 bits per heavy atom. The Hall–Kier alpha value is -2.11. The highest BCUT2D eigenvalue weighted by molar-refractivity contribution is 9.10. The van der Waals surface area contributed by atoms with E-state index in [1.807, 2.05) is 44.2 Å². The Bertz CT molecular complexity index is 980. The standard InChI is InChI=1S/C21H19BrN2OS/c1-14-11-20(15(2)10-19(14)22)26-13-21(25)24-23-12-17-8-5-7-16-6-3-4-9-18(16)17/h3-12H,13H2,1-2H3,(H,24,25)/b23-12+. The molecule has 3 aromatic carbocycles. The number of hydrogen-bond donors (Lipinski definition) is 1. The second-order valence-corrected chi connectivity index (χ2v) is 7.89. The molecule has 0 saturated carbocycles. The number of thioether (sulfide) groups is 1. The first-order chi connectivity index (χ1) is 12.5. The minimum Gasteiger partial charge on any atom is -0.272 e. The Morgan fingerprint density at radius 1 is 1.12 bits per heavy atom. The van der Waals surface area contributed by atoms with Gasteiger partial charge >= 0.3 is 0 Å². The molecule has 26 heavy (non-hydrogen) atoms. The third-order valence-electron chi connectivity index (χ3n) is 4.03. The highest BCUT2D eigenvalue weighted by Crippen LogP contribution is 2.28. The summed E-state index contributed by atoms with van der Waals surface area (Å²) in [7, 11) is 0. The third-order valence-corrected chi connectivity index (χ3v) is 6.04. The number of amides is 1. The van der Waals surface area contributed by atoms with Gasteiger partial charge in [0.05, 0.1) is 12.0 Å². The smallest absolute Gasteiger partial charge is 0.250 e. The molecule has 0 fully saturated rings. The number of hydrazone groups is 1. The van der Waals surface area contributed by atoms with Crippen molar-refractivity contribution in [3.05, 3.63) is 75.8 Å². The van der Waals surface area contributed by atoms with Crippen LogP contribution in [0.25, 0.3) is 10.8 Å². The number of carbonyl (C=O) groups excluding carboxylic acids is 1. The zero-order chi connectivity index (χ0) is 18.5. The highest BCUT2D eigenvalue weighted by atomic mass is 79.9. The van der Waals surface area contributed by atoms with Crippen LogP contribution in [-0.2, 0) is 4.79 Å². The van der Waals surface area contributed by atoms with Crippen LogP contribution in [0.15, 0.2) is 69.1 Å². The molecule has 0 unspecified atom stereocenters. The number of fused-ring (bicyclic) bond motifs is 1. The van der Waals surface area contributed by atoms with Crippen molar-refractivity contribution in [2.24, 2.45) is 5.10 Å². The van der Waals surface area contributed by atoms with Gasteiger partial charge in [0, 0.05) is 14.9 Å². The predicted octanol–water partition coefficient (Wildman–Crippen LogP) is 5.46. The lowest BCUT2D eigenvalue weighted by Crippen LogP contribution is -2.19. The number of hydrogen-bond acceptors (Lipinski definition) is 3. The van der Waals surface area contributed by atoms with Gasteiger partial charge in [0.25, 0.3) is 0 Å². The van der Waals surface area contributed by atoms with Gasteiger partial charge in [0.1, 0.15) is 0 Å². The van der Waals surface area contributed by atoms with Gasteiger partial charge in [0.15, 0.2) is 0 Å². The first kappa shape index (κ1) is 18.7. The molecular weight excluding hydrogens is 408 g/mol. The molecule has 0 spiro atoms. The molecule has 0 radical (unpaired) electrons. The molecule has 1 N–H and O–H groups in total. The summed E-state index contributed by atoms with van der Waals surface area (Å²) in [6.07, 6.45) is 1.69. The van der Waals surface area contributed by atoms with E-state index < -0.39 is 0 Å². The van der Waals surface area contributed by atoms with Gasteiger partial charge in [-0.3, -0.25) is 4.79 Å². The van der Waals surface area contributed by atoms with E-state index in [1.54, 1.807) is 6.21 Å². The quantitative estimate of drug-likeness (QED) is 0.334. The molecule has 0 aliphatic rings. The molecule has 0 heterocycles. The first-order valence-corrected chi connectivity index (χ1v) is 10.0. The second-order valence-electron chi connectivity index (χ2n) is 6.02. The van der Waals surface area contributed by atoms with E-state index in [-0.39, 0.29) is 5.91 Å². The number of halogens is 1. The molecule has 0 atom stereocenters. The number of aryl methyl sites for hydroxylation is 2. The largest absolute Gasteiger partial charge is 0.272 e. The average Bonchev–Trinajstić information content (AvgIpc) is 2.64. The Kier molecular flexibility index (Phi) is 6.12. The maximum absolute atomic E-state index is 12.1. The normalized spacial score (nSPS) is 11.2. The molecule has 0 bridgehead atoms. The van der Waals surface area contributed by atoms with Crippen LogP contribution in [0, 0.1) is 13.8 Å². The van der Waals surface area contributed by atoms with Gasteiger partial charge in [-0.2, -0.15) is 5.10 Å². The van der Waals surface area contributed by atoms with Crippen molar-refractivity contribution < 1.29 is 4.79 Å². The summed E-state index contributed by atoms with van der Waals surface area (Å²) < 4.78 is 1.09. The number of benzene rings is 3. The van der Waals surface area contributed by atoms with Crippen LogP contribution in [0.5, 0.6) is 0 Å². The molecule has 0 aromatic heterocycles. The molecule has 3 nitrogen and oxygen atoms in total. The number of nitrogens with zero attached hydrogens (tertiary/aromatic N) is 1. The molecule has 0 aliphatic heterocycles. The lowest BCUT2D eigenvalue weighted by molar-refractivity contribution is -0.118. The minimum absolute atomic E-state index is 0.119. The first-order valence-electron chi connectivity index (χ1n) is 8.24. The van der Waals surface area contributed by atoms with Crippen LogP contribution >= 0.6 is 27.7 Å². The monoisotopic (exact) mass is 426 g/mol. The Balaban J connectivity index is 1.60. The fourth-order valence-electron chi connectivity index (χ4n) is 2.62. The second kappa shape index (κ2) is 8.52. The van der Waals surface area contributed by atoms with Gasteiger partial charge in [0.2, 0.25) is 5.91 Å². The van der Waals surface area contributed by atoms with Crippen molar-refractivity contribution in [3.63, 3.8) is 0 Å². The van der Waals surface area contributed by atoms with E-state index in [0.717, 1.165) is 36.8 Å². The summed E-state index contributed by atoms with van der Waals surface area (Å²) in [5, 5.41) is 6.38. The fraction of sp³-hybridized carbons (Fsp3) is 0.143. The maximum atomic E-state index is 12.1. The lowest BCUT2D eigenvalue weighted by Gasteiger charge is -2.08. The Labute approximate surface area is 166 Å². The van der Waals surface area contributed by atoms with Crippen LogP contribution in [-0.4, -0.2) is 17.9 Å². The summed E-state index contributed by atoms with van der Waals surface area (Å²) in [4.78, 5) is 13.2. The maximum Gasteiger partial charge on any atom is 0.250 e. The molecule has 3 aromatic rings. The van der Waals surface area contributed by atoms with E-state index in [1.165, 1.54) is 11.8 Å². The van der Waals surface area contributed by atoms with E-state index in [9.17, 15) is 4.79 Å². The van der Waals surface area contributed by atoms with Gasteiger partial charge < -0.3 is 0 Å². The summed E-state index contributed by atoms with van der Waals surface area (Å²) in [6.45, 7) is 4.09. The van der Waals surface area contributed by atoms with Gasteiger partial charge in [-0.05, 0) is 47.9 Å². The molecule has 3 rings (SSSR count). The van der Waals surface area contributed by atoms with Crippen molar-refractivity contribution >= 4 is 50.6 Å². The zero-order valence-electron chi connectivity index (χ0n) is 14.6. The van der Waals surface area contributed by atoms with Crippen molar-refractivity contribution in [1.82, 2.24) is 5.43 Å². The van der Waals surface area contributed by atoms with Crippen LogP contribution in [0.3, 0.4) is 0 Å². The summed E-state index contributed by atoms with van der Waals surface area (Å²) in [6, 6.07) is 18.3. The lowest BCUT2D eigenvalue weighted by atomic mass is 10.1. The van der Waals surface area contributed by atoms with Gasteiger partial charge in [-0.15, -0.1) is 11.8 Å². The zero-order valence-corrected chi connectivity index (χ0v) is 17.0. The molecular formula is C21H19BrN2OS. The van der Waals surface area contributed by atoms with Gasteiger partial charge in [-0.1, -0.05) is 58.4 Å². The van der Waals surface area contributed by atoms with E-state index in [2.05, 4.69) is 50.7 Å². The third kappa shape index (κ3) is 4.54. The molecule has 5 heteroatoms. The molecule has 1 amide bonds. The summed E-state index contributed by atoms with van der Waals surface area (Å²) >= 11 is 5.05. The topological polar surface area (TPSA) is 41.5 Å². The van der Waals surface area contributed by atoms with E-state index in [0.29, 0.717) is 5.75 Å². The Morgan fingerprint density at radius 2 is 1.88 bits per heavy atom. The summed E-state index contributed by atoms with van der Waals surface area (Å²) in [5.74, 6) is 0.209. The van der Waals surface area contributed by atoms with Crippen LogP contribution in [0.1, 0.15) is 16.7 Å². The van der Waals surface area contributed by atoms with Crippen molar-refractivity contribution in [3.8, 4) is 0 Å².